The smallest absolute Gasteiger partial charge is 0.338 e. The molecule has 0 fully saturated rings. The minimum Gasteiger partial charge on any atom is -0.497 e. The number of nitro benzene ring substituents is 1. The van der Waals surface area contributed by atoms with E-state index in [-0.39, 0.29) is 23.4 Å². The molecule has 1 aliphatic heterocycles. The first-order valence-corrected chi connectivity index (χ1v) is 13.7. The van der Waals surface area contributed by atoms with Gasteiger partial charge in [0, 0.05) is 34.9 Å². The number of carbonyl (C=O) groups excluding carboxylic acids is 1. The SMILES string of the molecule is CCOC(=O)C1=C(C)N=c2s/c(=C\c3ccc(-c4ccc(C)c([N+](=O)[O-])c4)o3)c(=O)n2C1c1ccc(OC)cc1OC. The van der Waals surface area contributed by atoms with Crippen molar-refractivity contribution in [2.24, 2.45) is 4.99 Å². The summed E-state index contributed by atoms with van der Waals surface area (Å²) >= 11 is 1.15. The third-order valence-corrected chi connectivity index (χ3v) is 7.83. The van der Waals surface area contributed by atoms with E-state index in [9.17, 15) is 19.7 Å². The molecule has 0 aliphatic carbocycles. The second-order valence-electron chi connectivity index (χ2n) is 9.37. The highest BCUT2D eigenvalue weighted by Gasteiger charge is 2.35. The minimum absolute atomic E-state index is 0.0134. The van der Waals surface area contributed by atoms with Gasteiger partial charge in [-0.1, -0.05) is 23.5 Å². The van der Waals surface area contributed by atoms with E-state index in [0.717, 1.165) is 11.3 Å². The first-order chi connectivity index (χ1) is 20.2. The van der Waals surface area contributed by atoms with Gasteiger partial charge < -0.3 is 18.6 Å². The fourth-order valence-corrected chi connectivity index (χ4v) is 5.83. The number of furan rings is 1. The fraction of sp³-hybridized carbons (Fsp3) is 0.233. The number of esters is 1. The highest BCUT2D eigenvalue weighted by atomic mass is 32.1. The Morgan fingerprint density at radius 1 is 1.14 bits per heavy atom. The van der Waals surface area contributed by atoms with E-state index in [1.807, 2.05) is 0 Å². The molecule has 0 saturated carbocycles. The molecule has 0 saturated heterocycles. The van der Waals surface area contributed by atoms with Crippen LogP contribution in [0, 0.1) is 17.0 Å². The van der Waals surface area contributed by atoms with Crippen LogP contribution in [0.4, 0.5) is 5.69 Å². The second-order valence-corrected chi connectivity index (χ2v) is 10.4. The third-order valence-electron chi connectivity index (χ3n) is 6.84. The van der Waals surface area contributed by atoms with Crippen LogP contribution in [0.2, 0.25) is 0 Å². The topological polar surface area (TPSA) is 135 Å². The van der Waals surface area contributed by atoms with Crippen LogP contribution in [-0.4, -0.2) is 36.3 Å². The number of nitrogens with zero attached hydrogens (tertiary/aromatic N) is 3. The number of hydrogen-bond donors (Lipinski definition) is 0. The van der Waals surface area contributed by atoms with E-state index in [4.69, 9.17) is 18.6 Å². The molecule has 42 heavy (non-hydrogen) atoms. The van der Waals surface area contributed by atoms with Crippen LogP contribution in [0.3, 0.4) is 0 Å². The van der Waals surface area contributed by atoms with Crippen molar-refractivity contribution in [3.63, 3.8) is 0 Å². The number of methoxy groups -OCH3 is 2. The van der Waals surface area contributed by atoms with Crippen molar-refractivity contribution in [1.29, 1.82) is 0 Å². The van der Waals surface area contributed by atoms with Gasteiger partial charge in [-0.05, 0) is 45.0 Å². The lowest BCUT2D eigenvalue weighted by Gasteiger charge is -2.26. The molecule has 0 N–H and O–H groups in total. The predicted molar refractivity (Wildman–Crippen MR) is 155 cm³/mol. The second kappa shape index (κ2) is 11.5. The van der Waals surface area contributed by atoms with Gasteiger partial charge in [0.2, 0.25) is 0 Å². The molecule has 3 heterocycles. The Balaban J connectivity index is 1.65. The van der Waals surface area contributed by atoms with Gasteiger partial charge in [-0.15, -0.1) is 0 Å². The van der Waals surface area contributed by atoms with E-state index in [1.165, 1.54) is 24.9 Å². The molecule has 1 aliphatic rings. The number of rotatable bonds is 8. The summed E-state index contributed by atoms with van der Waals surface area (Å²) in [6.07, 6.45) is 1.58. The Morgan fingerprint density at radius 2 is 1.93 bits per heavy atom. The number of aryl methyl sites for hydroxylation is 1. The summed E-state index contributed by atoms with van der Waals surface area (Å²) in [6, 6.07) is 12.5. The Kier molecular flexibility index (Phi) is 7.81. The molecule has 1 atom stereocenters. The van der Waals surface area contributed by atoms with Gasteiger partial charge in [-0.3, -0.25) is 19.5 Å². The Labute approximate surface area is 243 Å². The molecule has 5 rings (SSSR count). The lowest BCUT2D eigenvalue weighted by molar-refractivity contribution is -0.385. The van der Waals surface area contributed by atoms with Gasteiger partial charge in [0.05, 0.1) is 41.6 Å². The van der Waals surface area contributed by atoms with E-state index in [2.05, 4.69) is 4.99 Å². The maximum atomic E-state index is 13.9. The van der Waals surface area contributed by atoms with Gasteiger partial charge in [0.15, 0.2) is 4.80 Å². The van der Waals surface area contributed by atoms with Crippen molar-refractivity contribution in [3.8, 4) is 22.8 Å². The van der Waals surface area contributed by atoms with Gasteiger partial charge in [-0.25, -0.2) is 9.79 Å². The molecule has 0 amide bonds. The number of benzene rings is 2. The highest BCUT2D eigenvalue weighted by Crippen LogP contribution is 2.37. The van der Waals surface area contributed by atoms with Crippen LogP contribution >= 0.6 is 11.3 Å². The molecular formula is C30H27N3O8S. The summed E-state index contributed by atoms with van der Waals surface area (Å²) in [5.74, 6) is 1.18. The zero-order chi connectivity index (χ0) is 30.1. The lowest BCUT2D eigenvalue weighted by Crippen LogP contribution is -2.40. The molecular weight excluding hydrogens is 562 g/mol. The van der Waals surface area contributed by atoms with E-state index < -0.39 is 16.9 Å². The van der Waals surface area contributed by atoms with Crippen LogP contribution in [0.25, 0.3) is 17.4 Å². The zero-order valence-corrected chi connectivity index (χ0v) is 24.3. The molecule has 0 radical (unpaired) electrons. The first-order valence-electron chi connectivity index (χ1n) is 12.9. The molecule has 4 aromatic rings. The average Bonchev–Trinajstić information content (AvgIpc) is 3.56. The number of allylic oxidation sites excluding steroid dienone is 1. The predicted octanol–water partition coefficient (Wildman–Crippen LogP) is 4.29. The molecule has 2 aromatic carbocycles. The molecule has 216 valence electrons. The van der Waals surface area contributed by atoms with Crippen LogP contribution in [0.5, 0.6) is 11.5 Å². The fourth-order valence-electron chi connectivity index (χ4n) is 4.80. The lowest BCUT2D eigenvalue weighted by atomic mass is 9.95. The summed E-state index contributed by atoms with van der Waals surface area (Å²) in [4.78, 5) is 43.0. The summed E-state index contributed by atoms with van der Waals surface area (Å²) in [6.45, 7) is 5.22. The number of hydrogen-bond acceptors (Lipinski definition) is 10. The Morgan fingerprint density at radius 3 is 2.62 bits per heavy atom. The van der Waals surface area contributed by atoms with Gasteiger partial charge >= 0.3 is 5.97 Å². The first kappa shape index (κ1) is 28.6. The van der Waals surface area contributed by atoms with Gasteiger partial charge in [-0.2, -0.15) is 0 Å². The number of aromatic nitrogens is 1. The number of fused-ring (bicyclic) bond motifs is 1. The Bertz CT molecular complexity index is 1930. The molecule has 1 unspecified atom stereocenters. The van der Waals surface area contributed by atoms with Crippen molar-refractivity contribution in [2.45, 2.75) is 26.8 Å². The number of carbonyl (C=O) groups is 1. The summed E-state index contributed by atoms with van der Waals surface area (Å²) in [5, 5.41) is 11.4. The Hall–Kier alpha value is -4.97. The van der Waals surface area contributed by atoms with E-state index >= 15 is 0 Å². The van der Waals surface area contributed by atoms with Crippen LogP contribution in [0.1, 0.15) is 36.8 Å². The van der Waals surface area contributed by atoms with Crippen molar-refractivity contribution in [1.82, 2.24) is 4.57 Å². The summed E-state index contributed by atoms with van der Waals surface area (Å²) < 4.78 is 24.1. The maximum Gasteiger partial charge on any atom is 0.338 e. The summed E-state index contributed by atoms with van der Waals surface area (Å²) in [7, 11) is 3.03. The quantitative estimate of drug-likeness (QED) is 0.169. The van der Waals surface area contributed by atoms with Crippen LogP contribution < -0.4 is 24.4 Å². The molecule has 0 spiro atoms. The monoisotopic (exact) mass is 589 g/mol. The summed E-state index contributed by atoms with van der Waals surface area (Å²) in [5.41, 5.74) is 1.88. The number of ether oxygens (including phenoxy) is 3. The molecule has 12 heteroatoms. The molecule has 11 nitrogen and oxygen atoms in total. The van der Waals surface area contributed by atoms with Crippen LogP contribution in [-0.2, 0) is 9.53 Å². The third kappa shape index (κ3) is 5.12. The normalized spacial score (nSPS) is 14.8. The maximum absolute atomic E-state index is 13.9. The number of thiazole rings is 1. The molecule has 0 bridgehead atoms. The van der Waals surface area contributed by atoms with Crippen molar-refractivity contribution < 1.29 is 28.3 Å². The van der Waals surface area contributed by atoms with Gasteiger partial charge in [0.1, 0.15) is 29.1 Å². The standard InChI is InChI=1S/C30H27N3O8S/c1-6-40-29(35)26-17(3)31-30-32(27(26)21-11-9-19(38-4)14-24(21)39-5)28(34)25(42-30)15-20-10-12-23(41-20)18-8-7-16(2)22(13-18)33(36)37/h7-15,27H,6H2,1-5H3/b25-15-. The number of nitro groups is 1. The van der Waals surface area contributed by atoms with Crippen LogP contribution in [0.15, 0.2) is 74.0 Å². The van der Waals surface area contributed by atoms with Crippen molar-refractivity contribution >= 4 is 29.1 Å². The average molecular weight is 590 g/mol. The largest absolute Gasteiger partial charge is 0.497 e. The minimum atomic E-state index is -0.872. The zero-order valence-electron chi connectivity index (χ0n) is 23.5. The highest BCUT2D eigenvalue weighted by molar-refractivity contribution is 7.07. The van der Waals surface area contributed by atoms with Gasteiger partial charge in [0.25, 0.3) is 11.2 Å². The molecule has 2 aromatic heterocycles. The van der Waals surface area contributed by atoms with Crippen molar-refractivity contribution in [2.75, 3.05) is 20.8 Å². The van der Waals surface area contributed by atoms with E-state index in [0.29, 0.717) is 54.7 Å². The van der Waals surface area contributed by atoms with E-state index in [1.54, 1.807) is 69.3 Å². The van der Waals surface area contributed by atoms with Crippen molar-refractivity contribution in [3.05, 3.63) is 106 Å².